The third kappa shape index (κ3) is 7.47. The van der Waals surface area contributed by atoms with Crippen LogP contribution in [0.4, 0.5) is 5.00 Å². The Morgan fingerprint density at radius 2 is 1.85 bits per heavy atom. The molecule has 33 heavy (non-hydrogen) atoms. The molecule has 0 atom stereocenters. The molecule has 8 heteroatoms. The lowest BCUT2D eigenvalue weighted by atomic mass is 10.0. The van der Waals surface area contributed by atoms with E-state index in [-0.39, 0.29) is 24.2 Å². The number of hydrogen-bond donors (Lipinski definition) is 2. The van der Waals surface area contributed by atoms with Gasteiger partial charge in [0.05, 0.1) is 5.75 Å². The van der Waals surface area contributed by atoms with E-state index in [1.807, 2.05) is 54.6 Å². The van der Waals surface area contributed by atoms with E-state index in [1.54, 1.807) is 6.08 Å². The maximum absolute atomic E-state index is 12.6. The van der Waals surface area contributed by atoms with Crippen LogP contribution in [-0.4, -0.2) is 35.7 Å². The fourth-order valence-corrected chi connectivity index (χ4v) is 4.78. The number of nitrogens with zero attached hydrogens (tertiary/aromatic N) is 1. The highest BCUT2D eigenvalue weighted by Gasteiger charge is 2.17. The number of aromatic nitrogens is 1. The zero-order valence-electron chi connectivity index (χ0n) is 18.7. The molecule has 2 amide bonds. The number of anilines is 1. The first kappa shape index (κ1) is 24.5. The highest BCUT2D eigenvalue weighted by Crippen LogP contribution is 2.37. The SMILES string of the molecule is C=CCNC(=O)CSc1nc(-c2ccccc2)c(NC(=O)COc2ccc(C(C)C)cc2)s1. The molecule has 2 aromatic carbocycles. The van der Waals surface area contributed by atoms with E-state index in [9.17, 15) is 9.59 Å². The van der Waals surface area contributed by atoms with Crippen molar-refractivity contribution in [2.45, 2.75) is 24.1 Å². The quantitative estimate of drug-likeness (QED) is 0.285. The monoisotopic (exact) mass is 481 g/mol. The highest BCUT2D eigenvalue weighted by atomic mass is 32.2. The van der Waals surface area contributed by atoms with E-state index in [2.05, 4.69) is 36.0 Å². The molecule has 1 heterocycles. The van der Waals surface area contributed by atoms with Crippen LogP contribution in [0.5, 0.6) is 5.75 Å². The van der Waals surface area contributed by atoms with Gasteiger partial charge in [-0.15, -0.1) is 6.58 Å². The molecule has 0 fully saturated rings. The molecule has 0 saturated heterocycles. The molecule has 0 aliphatic rings. The average molecular weight is 482 g/mol. The zero-order valence-corrected chi connectivity index (χ0v) is 20.3. The summed E-state index contributed by atoms with van der Waals surface area (Å²) < 4.78 is 6.35. The van der Waals surface area contributed by atoms with Gasteiger partial charge in [-0.1, -0.05) is 85.5 Å². The van der Waals surface area contributed by atoms with Crippen LogP contribution in [-0.2, 0) is 9.59 Å². The van der Waals surface area contributed by atoms with Crippen molar-refractivity contribution in [2.24, 2.45) is 0 Å². The van der Waals surface area contributed by atoms with E-state index >= 15 is 0 Å². The van der Waals surface area contributed by atoms with E-state index in [4.69, 9.17) is 4.74 Å². The van der Waals surface area contributed by atoms with Crippen molar-refractivity contribution in [1.82, 2.24) is 10.3 Å². The lowest BCUT2D eigenvalue weighted by Crippen LogP contribution is -2.24. The Morgan fingerprint density at radius 3 is 2.52 bits per heavy atom. The van der Waals surface area contributed by atoms with Crippen molar-refractivity contribution in [3.8, 4) is 17.0 Å². The number of thiazole rings is 1. The van der Waals surface area contributed by atoms with Crippen LogP contribution in [0.15, 0.2) is 71.6 Å². The molecule has 0 unspecified atom stereocenters. The number of hydrogen-bond acceptors (Lipinski definition) is 6. The summed E-state index contributed by atoms with van der Waals surface area (Å²) in [5.74, 6) is 0.940. The normalized spacial score (nSPS) is 10.6. The van der Waals surface area contributed by atoms with Gasteiger partial charge in [0.15, 0.2) is 10.9 Å². The summed E-state index contributed by atoms with van der Waals surface area (Å²) in [6, 6.07) is 17.4. The molecule has 3 aromatic rings. The molecule has 0 saturated carbocycles. The summed E-state index contributed by atoms with van der Waals surface area (Å²) in [5.41, 5.74) is 2.77. The van der Waals surface area contributed by atoms with Crippen molar-refractivity contribution >= 4 is 39.9 Å². The lowest BCUT2D eigenvalue weighted by molar-refractivity contribution is -0.119. The van der Waals surface area contributed by atoms with Crippen LogP contribution in [0.3, 0.4) is 0 Å². The first-order chi connectivity index (χ1) is 16.0. The van der Waals surface area contributed by atoms with Crippen LogP contribution in [0, 0.1) is 0 Å². The van der Waals surface area contributed by atoms with Crippen LogP contribution < -0.4 is 15.4 Å². The van der Waals surface area contributed by atoms with Gasteiger partial charge < -0.3 is 15.4 Å². The van der Waals surface area contributed by atoms with Crippen molar-refractivity contribution in [3.05, 3.63) is 72.8 Å². The van der Waals surface area contributed by atoms with Crippen molar-refractivity contribution < 1.29 is 14.3 Å². The largest absolute Gasteiger partial charge is 0.484 e. The second-order valence-electron chi connectivity index (χ2n) is 7.47. The predicted molar refractivity (Wildman–Crippen MR) is 136 cm³/mol. The number of ether oxygens (including phenoxy) is 1. The third-order valence-corrected chi connectivity index (χ3v) is 6.71. The van der Waals surface area contributed by atoms with Crippen LogP contribution in [0.1, 0.15) is 25.3 Å². The Bertz CT molecular complexity index is 1080. The van der Waals surface area contributed by atoms with Crippen molar-refractivity contribution in [3.63, 3.8) is 0 Å². The third-order valence-electron chi connectivity index (χ3n) is 4.59. The van der Waals surface area contributed by atoms with E-state index in [0.29, 0.717) is 33.2 Å². The Labute approximate surface area is 202 Å². The van der Waals surface area contributed by atoms with E-state index in [0.717, 1.165) is 5.56 Å². The maximum atomic E-state index is 12.6. The molecular formula is C25H27N3O3S2. The Balaban J connectivity index is 1.66. The van der Waals surface area contributed by atoms with Gasteiger partial charge in [0, 0.05) is 12.1 Å². The number of thioether (sulfide) groups is 1. The minimum atomic E-state index is -0.274. The molecule has 172 valence electrons. The van der Waals surface area contributed by atoms with Gasteiger partial charge in [0.1, 0.15) is 16.4 Å². The summed E-state index contributed by atoms with van der Waals surface area (Å²) in [7, 11) is 0. The predicted octanol–water partition coefficient (Wildman–Crippen LogP) is 5.35. The van der Waals surface area contributed by atoms with Gasteiger partial charge in [-0.05, 0) is 23.6 Å². The number of nitrogens with one attached hydrogen (secondary N) is 2. The zero-order chi connectivity index (χ0) is 23.6. The molecule has 0 aliphatic heterocycles. The number of carbonyl (C=O) groups excluding carboxylic acids is 2. The van der Waals surface area contributed by atoms with Gasteiger partial charge in [0.2, 0.25) is 5.91 Å². The van der Waals surface area contributed by atoms with Gasteiger partial charge in [-0.2, -0.15) is 0 Å². The molecule has 0 aliphatic carbocycles. The van der Waals surface area contributed by atoms with E-state index < -0.39 is 0 Å². The molecule has 0 radical (unpaired) electrons. The average Bonchev–Trinajstić information content (AvgIpc) is 3.23. The van der Waals surface area contributed by atoms with Gasteiger partial charge >= 0.3 is 0 Å². The Morgan fingerprint density at radius 1 is 1.12 bits per heavy atom. The lowest BCUT2D eigenvalue weighted by Gasteiger charge is -2.09. The van der Waals surface area contributed by atoms with Crippen LogP contribution >= 0.6 is 23.1 Å². The number of carbonyl (C=O) groups is 2. The molecule has 3 rings (SSSR count). The van der Waals surface area contributed by atoms with Gasteiger partial charge in [-0.25, -0.2) is 4.98 Å². The first-order valence-electron chi connectivity index (χ1n) is 10.6. The Hall–Kier alpha value is -3.10. The molecule has 0 spiro atoms. The van der Waals surface area contributed by atoms with Crippen LogP contribution in [0.25, 0.3) is 11.3 Å². The summed E-state index contributed by atoms with van der Waals surface area (Å²) in [6.45, 7) is 8.16. The smallest absolute Gasteiger partial charge is 0.262 e. The minimum Gasteiger partial charge on any atom is -0.484 e. The molecule has 2 N–H and O–H groups in total. The minimum absolute atomic E-state index is 0.0983. The van der Waals surface area contributed by atoms with Gasteiger partial charge in [0.25, 0.3) is 5.91 Å². The second kappa shape index (κ2) is 12.2. The number of amides is 2. The molecule has 0 bridgehead atoms. The van der Waals surface area contributed by atoms with Crippen molar-refractivity contribution in [1.29, 1.82) is 0 Å². The fourth-order valence-electron chi connectivity index (χ4n) is 2.86. The van der Waals surface area contributed by atoms with Gasteiger partial charge in [-0.3, -0.25) is 9.59 Å². The highest BCUT2D eigenvalue weighted by molar-refractivity contribution is 8.01. The first-order valence-corrected chi connectivity index (χ1v) is 12.4. The number of rotatable bonds is 11. The topological polar surface area (TPSA) is 80.3 Å². The fraction of sp³-hybridized carbons (Fsp3) is 0.240. The van der Waals surface area contributed by atoms with E-state index in [1.165, 1.54) is 28.7 Å². The summed E-state index contributed by atoms with van der Waals surface area (Å²) in [6.07, 6.45) is 1.63. The standard InChI is InChI=1S/C25H27N3O3S2/c1-4-14-26-22(30)16-32-25-28-23(19-8-6-5-7-9-19)24(33-25)27-21(29)15-31-20-12-10-18(11-13-20)17(2)3/h4-13,17H,1,14-16H2,2-3H3,(H,26,30)(H,27,29). The Kier molecular flexibility index (Phi) is 9.09. The molecular weight excluding hydrogens is 454 g/mol. The summed E-state index contributed by atoms with van der Waals surface area (Å²) in [4.78, 5) is 29.2. The van der Waals surface area contributed by atoms with Crippen LogP contribution in [0.2, 0.25) is 0 Å². The second-order valence-corrected chi connectivity index (χ2v) is 9.69. The molecule has 1 aromatic heterocycles. The maximum Gasteiger partial charge on any atom is 0.262 e. The number of benzene rings is 2. The molecule has 6 nitrogen and oxygen atoms in total. The van der Waals surface area contributed by atoms with Crippen molar-refractivity contribution in [2.75, 3.05) is 24.2 Å². The summed E-state index contributed by atoms with van der Waals surface area (Å²) >= 11 is 2.67. The summed E-state index contributed by atoms with van der Waals surface area (Å²) in [5, 5.41) is 6.28.